The molecule has 3 rings (SSSR count). The van der Waals surface area contributed by atoms with Crippen LogP contribution in [0.3, 0.4) is 0 Å². The van der Waals surface area contributed by atoms with Crippen LogP contribution in [0.2, 0.25) is 0 Å². The molecule has 5 heteroatoms. The van der Waals surface area contributed by atoms with Crippen LogP contribution in [0.1, 0.15) is 10.4 Å². The Kier molecular flexibility index (Phi) is 4.12. The second kappa shape index (κ2) is 6.37. The van der Waals surface area contributed by atoms with E-state index in [-0.39, 0.29) is 5.91 Å². The summed E-state index contributed by atoms with van der Waals surface area (Å²) in [4.78, 5) is 17.1. The lowest BCUT2D eigenvalue weighted by Crippen LogP contribution is -2.13. The minimum atomic E-state index is 0.0113. The molecule has 0 fully saturated rings. The number of aromatic nitrogens is 2. The fourth-order valence-electron chi connectivity index (χ4n) is 2.12. The van der Waals surface area contributed by atoms with Gasteiger partial charge in [0.25, 0.3) is 0 Å². The molecule has 0 atom stereocenters. The Labute approximate surface area is 127 Å². The lowest BCUT2D eigenvalue weighted by atomic mass is 10.2. The quantitative estimate of drug-likeness (QED) is 0.786. The number of hydrogen-bond donors (Lipinski definition) is 1. The predicted octanol–water partition coefficient (Wildman–Crippen LogP) is 3.17. The van der Waals surface area contributed by atoms with Gasteiger partial charge >= 0.3 is 0 Å². The number of benzene rings is 1. The monoisotopic (exact) mass is 297 g/mol. The number of carbonyl (C=O) groups is 1. The molecule has 4 nitrogen and oxygen atoms in total. The number of amides is 1. The molecule has 21 heavy (non-hydrogen) atoms. The average molecular weight is 297 g/mol. The number of imidazole rings is 1. The van der Waals surface area contributed by atoms with Crippen molar-refractivity contribution in [2.45, 2.75) is 13.0 Å². The Bertz CT molecular complexity index is 705. The first-order chi connectivity index (χ1) is 10.3. The van der Waals surface area contributed by atoms with Gasteiger partial charge in [0.1, 0.15) is 0 Å². The van der Waals surface area contributed by atoms with Crippen LogP contribution >= 0.6 is 11.3 Å². The van der Waals surface area contributed by atoms with Crippen LogP contribution in [0.15, 0.2) is 60.5 Å². The molecular formula is C16H15N3OS. The lowest BCUT2D eigenvalue weighted by molar-refractivity contribution is -0.115. The van der Waals surface area contributed by atoms with Gasteiger partial charge in [-0.3, -0.25) is 4.79 Å². The van der Waals surface area contributed by atoms with Crippen molar-refractivity contribution in [3.63, 3.8) is 0 Å². The molecule has 0 bridgehead atoms. The van der Waals surface area contributed by atoms with Gasteiger partial charge in [0.2, 0.25) is 5.91 Å². The van der Waals surface area contributed by atoms with Crippen LogP contribution in [0.5, 0.6) is 0 Å². The standard InChI is InChI=1S/C16H15N3OS/c20-16(10-15-5-2-8-21-15)18-14-4-1-3-13(9-14)11-19-7-6-17-12-19/h1-9,12H,10-11H2,(H,18,20). The number of rotatable bonds is 5. The Morgan fingerprint density at radius 3 is 3.00 bits per heavy atom. The van der Waals surface area contributed by atoms with E-state index in [4.69, 9.17) is 0 Å². The Balaban J connectivity index is 1.64. The summed E-state index contributed by atoms with van der Waals surface area (Å²) in [5, 5.41) is 4.92. The van der Waals surface area contributed by atoms with Crippen LogP contribution < -0.4 is 5.32 Å². The Hall–Kier alpha value is -2.40. The summed E-state index contributed by atoms with van der Waals surface area (Å²) in [6.07, 6.45) is 5.88. The summed E-state index contributed by atoms with van der Waals surface area (Å²) >= 11 is 1.60. The topological polar surface area (TPSA) is 46.9 Å². The van der Waals surface area contributed by atoms with E-state index in [0.29, 0.717) is 6.42 Å². The minimum Gasteiger partial charge on any atom is -0.333 e. The normalized spacial score (nSPS) is 10.5. The van der Waals surface area contributed by atoms with Crippen LogP contribution in [-0.2, 0) is 17.8 Å². The highest BCUT2D eigenvalue weighted by molar-refractivity contribution is 7.10. The van der Waals surface area contributed by atoms with Crippen molar-refractivity contribution < 1.29 is 4.79 Å². The first-order valence-corrected chi connectivity index (χ1v) is 7.54. The van der Waals surface area contributed by atoms with Gasteiger partial charge < -0.3 is 9.88 Å². The van der Waals surface area contributed by atoms with Gasteiger partial charge in [-0.25, -0.2) is 4.98 Å². The highest BCUT2D eigenvalue weighted by atomic mass is 32.1. The number of anilines is 1. The number of nitrogens with zero attached hydrogens (tertiary/aromatic N) is 2. The van der Waals surface area contributed by atoms with Crippen molar-refractivity contribution in [2.24, 2.45) is 0 Å². The molecule has 2 aromatic heterocycles. The van der Waals surface area contributed by atoms with Gasteiger partial charge in [-0.05, 0) is 29.1 Å². The van der Waals surface area contributed by atoms with E-state index in [0.717, 1.165) is 22.7 Å². The van der Waals surface area contributed by atoms with Crippen molar-refractivity contribution in [3.05, 3.63) is 70.9 Å². The molecule has 2 heterocycles. The number of nitrogens with one attached hydrogen (secondary N) is 1. The molecule has 0 aliphatic heterocycles. The van der Waals surface area contributed by atoms with E-state index >= 15 is 0 Å². The molecule has 0 unspecified atom stereocenters. The largest absolute Gasteiger partial charge is 0.333 e. The summed E-state index contributed by atoms with van der Waals surface area (Å²) in [6, 6.07) is 11.8. The maximum Gasteiger partial charge on any atom is 0.229 e. The molecule has 0 spiro atoms. The SMILES string of the molecule is O=C(Cc1cccs1)Nc1cccc(Cn2ccnc2)c1. The molecular weight excluding hydrogens is 282 g/mol. The third-order valence-electron chi connectivity index (χ3n) is 3.05. The zero-order valence-corrected chi connectivity index (χ0v) is 12.2. The minimum absolute atomic E-state index is 0.0113. The van der Waals surface area contributed by atoms with Crippen molar-refractivity contribution in [1.29, 1.82) is 0 Å². The van der Waals surface area contributed by atoms with Gasteiger partial charge in [0.15, 0.2) is 0 Å². The molecule has 0 saturated carbocycles. The van der Waals surface area contributed by atoms with E-state index in [2.05, 4.69) is 10.3 Å². The van der Waals surface area contributed by atoms with Crippen LogP contribution in [0.25, 0.3) is 0 Å². The Morgan fingerprint density at radius 1 is 1.29 bits per heavy atom. The van der Waals surface area contributed by atoms with Crippen LogP contribution in [-0.4, -0.2) is 15.5 Å². The summed E-state index contributed by atoms with van der Waals surface area (Å²) in [6.45, 7) is 0.745. The van der Waals surface area contributed by atoms with Gasteiger partial charge in [0.05, 0.1) is 12.7 Å². The zero-order chi connectivity index (χ0) is 14.5. The van der Waals surface area contributed by atoms with E-state index in [1.165, 1.54) is 0 Å². The summed E-state index contributed by atoms with van der Waals surface area (Å²) in [5.41, 5.74) is 1.95. The number of carbonyl (C=O) groups excluding carboxylic acids is 1. The lowest BCUT2D eigenvalue weighted by Gasteiger charge is -2.07. The Morgan fingerprint density at radius 2 is 2.24 bits per heavy atom. The van der Waals surface area contributed by atoms with Gasteiger partial charge in [-0.2, -0.15) is 0 Å². The molecule has 0 saturated heterocycles. The molecule has 106 valence electrons. The fourth-order valence-corrected chi connectivity index (χ4v) is 2.82. The third kappa shape index (κ3) is 3.79. The van der Waals surface area contributed by atoms with Gasteiger partial charge in [0, 0.05) is 29.5 Å². The fraction of sp³-hybridized carbons (Fsp3) is 0.125. The molecule has 3 aromatic rings. The average Bonchev–Trinajstić information content (AvgIpc) is 3.12. The molecule has 1 aromatic carbocycles. The smallest absolute Gasteiger partial charge is 0.229 e. The van der Waals surface area contributed by atoms with E-state index in [1.54, 1.807) is 23.9 Å². The van der Waals surface area contributed by atoms with E-state index in [9.17, 15) is 4.79 Å². The number of thiophene rings is 1. The second-order valence-corrected chi connectivity index (χ2v) is 5.77. The summed E-state index contributed by atoms with van der Waals surface area (Å²) < 4.78 is 1.99. The van der Waals surface area contributed by atoms with Crippen molar-refractivity contribution in [3.8, 4) is 0 Å². The molecule has 0 radical (unpaired) electrons. The molecule has 0 aliphatic rings. The second-order valence-electron chi connectivity index (χ2n) is 4.74. The molecule has 0 aliphatic carbocycles. The van der Waals surface area contributed by atoms with E-state index < -0.39 is 0 Å². The van der Waals surface area contributed by atoms with Crippen molar-refractivity contribution in [2.75, 3.05) is 5.32 Å². The third-order valence-corrected chi connectivity index (χ3v) is 3.93. The van der Waals surface area contributed by atoms with Crippen LogP contribution in [0.4, 0.5) is 5.69 Å². The predicted molar refractivity (Wildman–Crippen MR) is 84.4 cm³/mol. The van der Waals surface area contributed by atoms with Crippen molar-refractivity contribution >= 4 is 22.9 Å². The van der Waals surface area contributed by atoms with Gasteiger partial charge in [-0.1, -0.05) is 18.2 Å². The first-order valence-electron chi connectivity index (χ1n) is 6.66. The summed E-state index contributed by atoms with van der Waals surface area (Å²) in [5.74, 6) is 0.0113. The van der Waals surface area contributed by atoms with Crippen molar-refractivity contribution in [1.82, 2.24) is 9.55 Å². The maximum absolute atomic E-state index is 12.0. The summed E-state index contributed by atoms with van der Waals surface area (Å²) in [7, 11) is 0. The first kappa shape index (κ1) is 13.6. The maximum atomic E-state index is 12.0. The molecule has 1 N–H and O–H groups in total. The zero-order valence-electron chi connectivity index (χ0n) is 11.4. The van der Waals surface area contributed by atoms with Crippen LogP contribution in [0, 0.1) is 0 Å². The van der Waals surface area contributed by atoms with Gasteiger partial charge in [-0.15, -0.1) is 11.3 Å². The molecule has 1 amide bonds. The highest BCUT2D eigenvalue weighted by Crippen LogP contribution is 2.14. The number of hydrogen-bond acceptors (Lipinski definition) is 3. The van der Waals surface area contributed by atoms with E-state index in [1.807, 2.05) is 52.5 Å². The highest BCUT2D eigenvalue weighted by Gasteiger charge is 2.05.